The number of esters is 1. The van der Waals surface area contributed by atoms with Crippen molar-refractivity contribution in [3.8, 4) is 16.9 Å². The molecule has 1 unspecified atom stereocenters. The van der Waals surface area contributed by atoms with E-state index in [1.807, 2.05) is 42.5 Å². The normalized spacial score (nSPS) is 11.7. The summed E-state index contributed by atoms with van der Waals surface area (Å²) in [5.41, 5.74) is 2.89. The molecular weight excluding hydrogens is 402 g/mol. The largest absolute Gasteiger partial charge is 0.491 e. The lowest BCUT2D eigenvalue weighted by Gasteiger charge is -2.16. The molecule has 3 rings (SSSR count). The van der Waals surface area contributed by atoms with Gasteiger partial charge in [0.1, 0.15) is 17.9 Å². The van der Waals surface area contributed by atoms with Crippen molar-refractivity contribution in [2.75, 3.05) is 26.8 Å². The van der Waals surface area contributed by atoms with E-state index < -0.39 is 12.1 Å². The third-order valence-electron chi connectivity index (χ3n) is 4.60. The lowest BCUT2D eigenvalue weighted by molar-refractivity contribution is 0.0596. The van der Waals surface area contributed by atoms with Crippen molar-refractivity contribution < 1.29 is 19.4 Å². The number of carbonyl (C=O) groups excluding carboxylic acids is 1. The predicted octanol–water partition coefficient (Wildman–Crippen LogP) is 4.50. The molecular formula is C24H24ClNO4. The minimum Gasteiger partial charge on any atom is -0.491 e. The molecule has 0 fully saturated rings. The maximum absolute atomic E-state index is 12.2. The highest BCUT2D eigenvalue weighted by molar-refractivity contribution is 6.30. The van der Waals surface area contributed by atoms with E-state index in [0.29, 0.717) is 36.0 Å². The molecule has 5 nitrogen and oxygen atoms in total. The van der Waals surface area contributed by atoms with Crippen LogP contribution in [0, 0.1) is 0 Å². The van der Waals surface area contributed by atoms with Gasteiger partial charge < -0.3 is 19.9 Å². The van der Waals surface area contributed by atoms with Crippen LogP contribution in [0.4, 0.5) is 0 Å². The zero-order valence-electron chi connectivity index (χ0n) is 16.7. The zero-order valence-corrected chi connectivity index (χ0v) is 17.4. The molecule has 6 heteroatoms. The van der Waals surface area contributed by atoms with Crippen LogP contribution in [0.15, 0.2) is 72.8 Å². The molecule has 0 aliphatic rings. The summed E-state index contributed by atoms with van der Waals surface area (Å²) in [6.45, 7) is 1.16. The van der Waals surface area contributed by atoms with Crippen LogP contribution in [0.25, 0.3) is 11.1 Å². The smallest absolute Gasteiger partial charge is 0.341 e. The molecule has 3 aromatic carbocycles. The topological polar surface area (TPSA) is 67.8 Å². The molecule has 30 heavy (non-hydrogen) atoms. The fourth-order valence-corrected chi connectivity index (χ4v) is 3.30. The molecule has 0 aromatic heterocycles. The molecule has 2 N–H and O–H groups in total. The molecule has 0 saturated carbocycles. The number of para-hydroxylation sites is 1. The Morgan fingerprint density at radius 3 is 2.57 bits per heavy atom. The minimum absolute atomic E-state index is 0.316. The number of ether oxygens (including phenoxy) is 2. The van der Waals surface area contributed by atoms with Gasteiger partial charge in [0.05, 0.1) is 13.2 Å². The molecule has 0 bridgehead atoms. The number of hydrogen-bond donors (Lipinski definition) is 2. The van der Waals surface area contributed by atoms with Gasteiger partial charge >= 0.3 is 5.97 Å². The van der Waals surface area contributed by atoms with Gasteiger partial charge in [-0.1, -0.05) is 66.2 Å². The first-order chi connectivity index (χ1) is 14.6. The van der Waals surface area contributed by atoms with Crippen LogP contribution in [0.2, 0.25) is 5.02 Å². The van der Waals surface area contributed by atoms with Crippen molar-refractivity contribution in [2.24, 2.45) is 0 Å². The van der Waals surface area contributed by atoms with Gasteiger partial charge in [0.15, 0.2) is 0 Å². The van der Waals surface area contributed by atoms with E-state index in [1.54, 1.807) is 30.3 Å². The number of methoxy groups -OCH3 is 1. The van der Waals surface area contributed by atoms with Crippen molar-refractivity contribution in [3.05, 3.63) is 88.9 Å². The second-order valence-corrected chi connectivity index (χ2v) is 7.10. The molecule has 0 saturated heterocycles. The maximum atomic E-state index is 12.2. The predicted molar refractivity (Wildman–Crippen MR) is 118 cm³/mol. The highest BCUT2D eigenvalue weighted by Gasteiger charge is 2.18. The summed E-state index contributed by atoms with van der Waals surface area (Å²) >= 11 is 5.97. The van der Waals surface area contributed by atoms with Gasteiger partial charge in [-0.05, 0) is 29.3 Å². The second kappa shape index (κ2) is 10.8. The number of halogens is 1. The molecule has 0 spiro atoms. The first-order valence-electron chi connectivity index (χ1n) is 9.64. The van der Waals surface area contributed by atoms with E-state index in [4.69, 9.17) is 21.1 Å². The highest BCUT2D eigenvalue weighted by atomic mass is 35.5. The van der Waals surface area contributed by atoms with Crippen molar-refractivity contribution in [2.45, 2.75) is 6.10 Å². The Balaban J connectivity index is 1.65. The third-order valence-corrected chi connectivity index (χ3v) is 4.84. The number of benzene rings is 3. The molecule has 3 aromatic rings. The lowest BCUT2D eigenvalue weighted by Crippen LogP contribution is -2.26. The van der Waals surface area contributed by atoms with E-state index in [-0.39, 0.29) is 0 Å². The number of carbonyl (C=O) groups is 1. The minimum atomic E-state index is -0.675. The number of nitrogens with one attached hydrogen (secondary N) is 1. The van der Waals surface area contributed by atoms with Gasteiger partial charge in [-0.3, -0.25) is 0 Å². The Hall–Kier alpha value is -2.86. The number of rotatable bonds is 9. The third kappa shape index (κ3) is 5.60. The van der Waals surface area contributed by atoms with Crippen LogP contribution in [-0.2, 0) is 4.74 Å². The molecule has 0 aliphatic carbocycles. The van der Waals surface area contributed by atoms with Crippen molar-refractivity contribution in [1.29, 1.82) is 0 Å². The van der Waals surface area contributed by atoms with Crippen LogP contribution >= 0.6 is 11.6 Å². The highest BCUT2D eigenvalue weighted by Crippen LogP contribution is 2.33. The van der Waals surface area contributed by atoms with Crippen molar-refractivity contribution >= 4 is 17.6 Å². The summed E-state index contributed by atoms with van der Waals surface area (Å²) in [5.74, 6) is 0.0276. The van der Waals surface area contributed by atoms with E-state index in [0.717, 1.165) is 16.7 Å². The summed E-state index contributed by atoms with van der Waals surface area (Å²) in [6.07, 6.45) is -0.675. The average molecular weight is 426 g/mol. The van der Waals surface area contributed by atoms with Gasteiger partial charge in [0, 0.05) is 23.7 Å². The summed E-state index contributed by atoms with van der Waals surface area (Å²) in [5, 5.41) is 14.0. The molecule has 0 radical (unpaired) electrons. The Morgan fingerprint density at radius 1 is 1.07 bits per heavy atom. The monoisotopic (exact) mass is 425 g/mol. The van der Waals surface area contributed by atoms with Crippen LogP contribution < -0.4 is 10.1 Å². The number of aliphatic hydroxyl groups is 1. The Bertz CT molecular complexity index is 978. The van der Waals surface area contributed by atoms with Gasteiger partial charge in [0.2, 0.25) is 0 Å². The summed E-state index contributed by atoms with van der Waals surface area (Å²) in [4.78, 5) is 12.2. The fraction of sp³-hybridized carbons (Fsp3) is 0.208. The van der Waals surface area contributed by atoms with E-state index in [1.165, 1.54) is 7.11 Å². The molecule has 1 atom stereocenters. The van der Waals surface area contributed by atoms with Crippen LogP contribution in [0.5, 0.6) is 5.75 Å². The Morgan fingerprint density at radius 2 is 1.83 bits per heavy atom. The van der Waals surface area contributed by atoms with Crippen LogP contribution in [-0.4, -0.2) is 37.9 Å². The van der Waals surface area contributed by atoms with Crippen molar-refractivity contribution in [3.63, 3.8) is 0 Å². The first-order valence-corrected chi connectivity index (χ1v) is 10.0. The van der Waals surface area contributed by atoms with Gasteiger partial charge in [-0.2, -0.15) is 0 Å². The average Bonchev–Trinajstić information content (AvgIpc) is 2.78. The molecule has 0 heterocycles. The maximum Gasteiger partial charge on any atom is 0.341 e. The zero-order chi connectivity index (χ0) is 21.3. The van der Waals surface area contributed by atoms with Gasteiger partial charge in [0.25, 0.3) is 0 Å². The molecule has 156 valence electrons. The van der Waals surface area contributed by atoms with Crippen LogP contribution in [0.3, 0.4) is 0 Å². The van der Waals surface area contributed by atoms with Gasteiger partial charge in [-0.15, -0.1) is 0 Å². The van der Waals surface area contributed by atoms with Crippen LogP contribution in [0.1, 0.15) is 22.0 Å². The summed E-state index contributed by atoms with van der Waals surface area (Å²) < 4.78 is 10.9. The lowest BCUT2D eigenvalue weighted by atomic mass is 10.0. The van der Waals surface area contributed by atoms with Gasteiger partial charge in [-0.25, -0.2) is 4.79 Å². The Kier molecular flexibility index (Phi) is 7.85. The molecule has 0 amide bonds. The fourth-order valence-electron chi connectivity index (χ4n) is 3.10. The Labute approximate surface area is 181 Å². The van der Waals surface area contributed by atoms with E-state index in [9.17, 15) is 9.90 Å². The second-order valence-electron chi connectivity index (χ2n) is 6.66. The first kappa shape index (κ1) is 21.8. The number of hydrogen-bond acceptors (Lipinski definition) is 5. The summed E-state index contributed by atoms with van der Waals surface area (Å²) in [6, 6.07) is 22.3. The number of aliphatic hydroxyl groups excluding tert-OH is 1. The quantitative estimate of drug-likeness (QED) is 0.390. The molecule has 0 aliphatic heterocycles. The van der Waals surface area contributed by atoms with Crippen molar-refractivity contribution in [1.82, 2.24) is 5.32 Å². The summed E-state index contributed by atoms with van der Waals surface area (Å²) in [7, 11) is 1.35. The standard InChI is InChI=1S/C24H24ClNO4/c1-29-24(28)21-12-6-11-20(17-7-3-2-4-8-17)23(21)30-14-13-26-16-22(27)18-9-5-10-19(25)15-18/h2-12,15,22,26-27H,13-14,16H2,1H3. The van der Waals surface area contributed by atoms with E-state index >= 15 is 0 Å². The van der Waals surface area contributed by atoms with E-state index in [2.05, 4.69) is 5.32 Å². The SMILES string of the molecule is COC(=O)c1cccc(-c2ccccc2)c1OCCNCC(O)c1cccc(Cl)c1.